The maximum Gasteiger partial charge on any atom is 0.410 e. The Labute approximate surface area is 148 Å². The highest BCUT2D eigenvalue weighted by atomic mass is 16.7. The van der Waals surface area contributed by atoms with Crippen LogP contribution in [0.1, 0.15) is 15.9 Å². The smallest absolute Gasteiger partial charge is 0.410 e. The number of nitrogens with one attached hydrogen (secondary N) is 1. The van der Waals surface area contributed by atoms with Crippen molar-refractivity contribution in [3.63, 3.8) is 0 Å². The van der Waals surface area contributed by atoms with Gasteiger partial charge in [-0.1, -0.05) is 12.1 Å². The molecule has 0 unspecified atom stereocenters. The fourth-order valence-electron chi connectivity index (χ4n) is 2.85. The molecular formula is C18H16N2O6. The number of amides is 2. The Balaban J connectivity index is 1.49. The van der Waals surface area contributed by atoms with Gasteiger partial charge in [0.05, 0.1) is 12.1 Å². The van der Waals surface area contributed by atoms with Crippen molar-refractivity contribution in [2.75, 3.05) is 25.3 Å². The molecule has 8 nitrogen and oxygen atoms in total. The maximum atomic E-state index is 12.5. The summed E-state index contributed by atoms with van der Waals surface area (Å²) in [5, 5.41) is 12.8. The normalized spacial score (nSPS) is 15.1. The van der Waals surface area contributed by atoms with Crippen LogP contribution in [0, 0.1) is 0 Å². The molecule has 2 aromatic rings. The summed E-state index contributed by atoms with van der Waals surface area (Å²) in [7, 11) is 0. The molecule has 0 spiro atoms. The second kappa shape index (κ2) is 6.47. The third kappa shape index (κ3) is 3.08. The van der Waals surface area contributed by atoms with Crippen LogP contribution in [0.2, 0.25) is 0 Å². The Bertz CT molecular complexity index is 882. The van der Waals surface area contributed by atoms with Gasteiger partial charge in [0, 0.05) is 24.4 Å². The van der Waals surface area contributed by atoms with Gasteiger partial charge < -0.3 is 29.5 Å². The van der Waals surface area contributed by atoms with Gasteiger partial charge in [-0.15, -0.1) is 0 Å². The van der Waals surface area contributed by atoms with Gasteiger partial charge in [0.25, 0.3) is 5.91 Å². The van der Waals surface area contributed by atoms with Gasteiger partial charge in [0.1, 0.15) is 12.4 Å². The first-order valence-corrected chi connectivity index (χ1v) is 8.05. The van der Waals surface area contributed by atoms with Crippen molar-refractivity contribution >= 4 is 17.7 Å². The summed E-state index contributed by atoms with van der Waals surface area (Å²) in [6, 6.07) is 9.94. The first-order valence-electron chi connectivity index (χ1n) is 8.05. The molecule has 0 saturated carbocycles. The van der Waals surface area contributed by atoms with Crippen LogP contribution in [0.5, 0.6) is 17.2 Å². The van der Waals surface area contributed by atoms with Crippen molar-refractivity contribution < 1.29 is 28.9 Å². The number of carbonyl (C=O) groups is 2. The molecule has 2 aromatic carbocycles. The molecule has 2 amide bonds. The SMILES string of the molecule is O=C(Nc1cccc(CN2CCOC2=O)c1)c1cc2c(cc1O)OCO2. The molecule has 4 rings (SSSR count). The van der Waals surface area contributed by atoms with Crippen LogP contribution >= 0.6 is 0 Å². The average Bonchev–Trinajstić information content (AvgIpc) is 3.23. The maximum absolute atomic E-state index is 12.5. The molecule has 134 valence electrons. The molecule has 0 atom stereocenters. The summed E-state index contributed by atoms with van der Waals surface area (Å²) < 4.78 is 15.3. The first-order chi connectivity index (χ1) is 12.6. The Hall–Kier alpha value is -3.42. The van der Waals surface area contributed by atoms with Crippen LogP contribution < -0.4 is 14.8 Å². The molecule has 0 aliphatic carbocycles. The number of hydrogen-bond donors (Lipinski definition) is 2. The number of fused-ring (bicyclic) bond motifs is 1. The van der Waals surface area contributed by atoms with E-state index in [0.29, 0.717) is 36.9 Å². The lowest BCUT2D eigenvalue weighted by atomic mass is 10.1. The molecule has 2 aliphatic heterocycles. The molecule has 0 radical (unpaired) electrons. The van der Waals surface area contributed by atoms with Crippen molar-refractivity contribution in [1.29, 1.82) is 0 Å². The predicted molar refractivity (Wildman–Crippen MR) is 90.4 cm³/mol. The number of nitrogens with zero attached hydrogens (tertiary/aromatic N) is 1. The molecule has 2 aliphatic rings. The summed E-state index contributed by atoms with van der Waals surface area (Å²) in [6.07, 6.45) is -0.343. The van der Waals surface area contributed by atoms with Crippen molar-refractivity contribution in [3.05, 3.63) is 47.5 Å². The number of cyclic esters (lactones) is 1. The number of phenolic OH excluding ortho intramolecular Hbond substituents is 1. The van der Waals surface area contributed by atoms with Gasteiger partial charge in [-0.25, -0.2) is 4.79 Å². The molecular weight excluding hydrogens is 340 g/mol. The lowest BCUT2D eigenvalue weighted by Crippen LogP contribution is -2.23. The molecule has 1 fully saturated rings. The highest BCUT2D eigenvalue weighted by Gasteiger charge is 2.23. The van der Waals surface area contributed by atoms with E-state index in [1.165, 1.54) is 12.1 Å². The number of phenols is 1. The van der Waals surface area contributed by atoms with Crippen molar-refractivity contribution in [3.8, 4) is 17.2 Å². The van der Waals surface area contributed by atoms with E-state index in [9.17, 15) is 14.7 Å². The number of ether oxygens (including phenoxy) is 3. The number of rotatable bonds is 4. The third-order valence-electron chi connectivity index (χ3n) is 4.14. The average molecular weight is 356 g/mol. The minimum atomic E-state index is -0.474. The standard InChI is InChI=1S/C18H16N2O6/c21-14-8-16-15(25-10-26-16)7-13(14)17(22)19-12-3-1-2-11(6-12)9-20-4-5-24-18(20)23/h1-3,6-8,21H,4-5,9-10H2,(H,19,22). The Morgan fingerprint density at radius 1 is 1.15 bits per heavy atom. The number of carbonyl (C=O) groups excluding carboxylic acids is 2. The van der Waals surface area contributed by atoms with Crippen LogP contribution in [0.3, 0.4) is 0 Å². The minimum absolute atomic E-state index is 0.0564. The van der Waals surface area contributed by atoms with E-state index in [4.69, 9.17) is 14.2 Å². The van der Waals surface area contributed by atoms with Crippen LogP contribution in [0.15, 0.2) is 36.4 Å². The highest BCUT2D eigenvalue weighted by Crippen LogP contribution is 2.37. The molecule has 0 bridgehead atoms. The lowest BCUT2D eigenvalue weighted by molar-refractivity contribution is 0.102. The zero-order valence-electron chi connectivity index (χ0n) is 13.7. The van der Waals surface area contributed by atoms with Crippen LogP contribution in [-0.4, -0.2) is 42.0 Å². The van der Waals surface area contributed by atoms with E-state index in [0.717, 1.165) is 5.56 Å². The lowest BCUT2D eigenvalue weighted by Gasteiger charge is -2.14. The monoisotopic (exact) mass is 356 g/mol. The molecule has 0 aromatic heterocycles. The van der Waals surface area contributed by atoms with Gasteiger partial charge in [-0.05, 0) is 17.7 Å². The zero-order valence-corrected chi connectivity index (χ0v) is 13.7. The molecule has 2 heterocycles. The second-order valence-corrected chi connectivity index (χ2v) is 5.91. The van der Waals surface area contributed by atoms with Gasteiger partial charge >= 0.3 is 6.09 Å². The zero-order chi connectivity index (χ0) is 18.1. The minimum Gasteiger partial charge on any atom is -0.507 e. The predicted octanol–water partition coefficient (Wildman–Crippen LogP) is 2.33. The van der Waals surface area contributed by atoms with E-state index in [2.05, 4.69) is 5.32 Å². The van der Waals surface area contributed by atoms with Gasteiger partial charge in [0.2, 0.25) is 6.79 Å². The van der Waals surface area contributed by atoms with Gasteiger partial charge in [0.15, 0.2) is 11.5 Å². The first kappa shape index (κ1) is 16.1. The van der Waals surface area contributed by atoms with Crippen molar-refractivity contribution in [1.82, 2.24) is 4.90 Å². The largest absolute Gasteiger partial charge is 0.507 e. The topological polar surface area (TPSA) is 97.3 Å². The van der Waals surface area contributed by atoms with E-state index in [1.54, 1.807) is 23.1 Å². The van der Waals surface area contributed by atoms with E-state index >= 15 is 0 Å². The number of aromatic hydroxyl groups is 1. The fraction of sp³-hybridized carbons (Fsp3) is 0.222. The van der Waals surface area contributed by atoms with Crippen LogP contribution in [0.25, 0.3) is 0 Å². The quantitative estimate of drug-likeness (QED) is 0.873. The summed E-state index contributed by atoms with van der Waals surface area (Å²) in [6.45, 7) is 1.39. The van der Waals surface area contributed by atoms with E-state index in [-0.39, 0.29) is 24.2 Å². The highest BCUT2D eigenvalue weighted by molar-refractivity contribution is 6.06. The van der Waals surface area contributed by atoms with Gasteiger partial charge in [-0.3, -0.25) is 4.79 Å². The molecule has 1 saturated heterocycles. The van der Waals surface area contributed by atoms with Crippen LogP contribution in [0.4, 0.5) is 10.5 Å². The summed E-state index contributed by atoms with van der Waals surface area (Å²) in [5.41, 5.74) is 1.50. The third-order valence-corrected chi connectivity index (χ3v) is 4.14. The van der Waals surface area contributed by atoms with Crippen molar-refractivity contribution in [2.45, 2.75) is 6.54 Å². The second-order valence-electron chi connectivity index (χ2n) is 5.91. The van der Waals surface area contributed by atoms with Gasteiger partial charge in [-0.2, -0.15) is 0 Å². The summed E-state index contributed by atoms with van der Waals surface area (Å²) >= 11 is 0. The Morgan fingerprint density at radius 2 is 1.96 bits per heavy atom. The number of anilines is 1. The number of hydrogen-bond acceptors (Lipinski definition) is 6. The van der Waals surface area contributed by atoms with E-state index < -0.39 is 5.91 Å². The number of benzene rings is 2. The molecule has 8 heteroatoms. The fourth-order valence-corrected chi connectivity index (χ4v) is 2.85. The Morgan fingerprint density at radius 3 is 2.73 bits per heavy atom. The van der Waals surface area contributed by atoms with Crippen molar-refractivity contribution in [2.24, 2.45) is 0 Å². The van der Waals surface area contributed by atoms with Crippen LogP contribution in [-0.2, 0) is 11.3 Å². The molecule has 26 heavy (non-hydrogen) atoms. The Kier molecular flexibility index (Phi) is 4.00. The summed E-state index contributed by atoms with van der Waals surface area (Å²) in [4.78, 5) is 25.6. The summed E-state index contributed by atoms with van der Waals surface area (Å²) in [5.74, 6) is 0.147. The molecule has 2 N–H and O–H groups in total. The van der Waals surface area contributed by atoms with E-state index in [1.807, 2.05) is 6.07 Å².